The third kappa shape index (κ3) is 2.99. The van der Waals surface area contributed by atoms with Gasteiger partial charge in [0.2, 0.25) is 0 Å². The van der Waals surface area contributed by atoms with Crippen LogP contribution < -0.4 is 5.32 Å². The van der Waals surface area contributed by atoms with Gasteiger partial charge in [0.25, 0.3) is 5.91 Å². The molecule has 0 aliphatic heterocycles. The summed E-state index contributed by atoms with van der Waals surface area (Å²) in [4.78, 5) is 12.1. The Morgan fingerprint density at radius 1 is 1.48 bits per heavy atom. The Morgan fingerprint density at radius 2 is 2.24 bits per heavy atom. The highest BCUT2D eigenvalue weighted by atomic mass is 16.5. The van der Waals surface area contributed by atoms with Crippen LogP contribution >= 0.6 is 0 Å². The number of carbonyl (C=O) groups is 1. The van der Waals surface area contributed by atoms with E-state index in [0.29, 0.717) is 18.2 Å². The van der Waals surface area contributed by atoms with Crippen molar-refractivity contribution in [1.29, 1.82) is 0 Å². The number of nitrogens with zero attached hydrogens (tertiary/aromatic N) is 3. The van der Waals surface area contributed by atoms with Gasteiger partial charge in [-0.05, 0) is 39.7 Å². The number of carbonyl (C=O) groups excluding carboxylic acids is 1. The van der Waals surface area contributed by atoms with Gasteiger partial charge in [-0.2, -0.15) is 5.10 Å². The SMILES string of the molecule is Cc1cc(C)n([C@H](C)CNC(=O)c2cc(C3CC3)on2)n1. The lowest BCUT2D eigenvalue weighted by Gasteiger charge is -2.14. The van der Waals surface area contributed by atoms with Gasteiger partial charge in [-0.15, -0.1) is 0 Å². The molecule has 1 fully saturated rings. The quantitative estimate of drug-likeness (QED) is 0.916. The molecule has 112 valence electrons. The predicted molar refractivity (Wildman–Crippen MR) is 77.2 cm³/mol. The van der Waals surface area contributed by atoms with Crippen LogP contribution in [0.2, 0.25) is 0 Å². The number of hydrogen-bond acceptors (Lipinski definition) is 4. The summed E-state index contributed by atoms with van der Waals surface area (Å²) in [5, 5.41) is 11.2. The fourth-order valence-corrected chi connectivity index (χ4v) is 2.47. The minimum atomic E-state index is -0.195. The monoisotopic (exact) mass is 288 g/mol. The second kappa shape index (κ2) is 5.35. The first kappa shape index (κ1) is 13.9. The van der Waals surface area contributed by atoms with E-state index in [2.05, 4.69) is 15.6 Å². The third-order valence-electron chi connectivity index (χ3n) is 3.76. The van der Waals surface area contributed by atoms with Gasteiger partial charge in [0.1, 0.15) is 5.76 Å². The summed E-state index contributed by atoms with van der Waals surface area (Å²) >= 11 is 0. The fourth-order valence-electron chi connectivity index (χ4n) is 2.47. The van der Waals surface area contributed by atoms with E-state index in [1.807, 2.05) is 31.5 Å². The first-order chi connectivity index (χ1) is 10.0. The largest absolute Gasteiger partial charge is 0.360 e. The average molecular weight is 288 g/mol. The molecule has 6 heteroatoms. The molecule has 0 unspecified atom stereocenters. The Hall–Kier alpha value is -2.11. The van der Waals surface area contributed by atoms with Crippen molar-refractivity contribution in [3.8, 4) is 0 Å². The van der Waals surface area contributed by atoms with Crippen LogP contribution in [0.5, 0.6) is 0 Å². The third-order valence-corrected chi connectivity index (χ3v) is 3.76. The van der Waals surface area contributed by atoms with Crippen molar-refractivity contribution in [3.63, 3.8) is 0 Å². The van der Waals surface area contributed by atoms with Crippen LogP contribution in [0.4, 0.5) is 0 Å². The topological polar surface area (TPSA) is 73.0 Å². The summed E-state index contributed by atoms with van der Waals surface area (Å²) in [5.41, 5.74) is 2.43. The summed E-state index contributed by atoms with van der Waals surface area (Å²) in [6.45, 7) is 6.51. The Bertz CT molecular complexity index is 654. The van der Waals surface area contributed by atoms with E-state index < -0.39 is 0 Å². The van der Waals surface area contributed by atoms with E-state index in [1.165, 1.54) is 0 Å². The van der Waals surface area contributed by atoms with Gasteiger partial charge >= 0.3 is 0 Å². The smallest absolute Gasteiger partial charge is 0.273 e. The maximum atomic E-state index is 12.1. The molecule has 0 bridgehead atoms. The zero-order valence-electron chi connectivity index (χ0n) is 12.6. The van der Waals surface area contributed by atoms with Crippen LogP contribution in [0.25, 0.3) is 0 Å². The van der Waals surface area contributed by atoms with Crippen molar-refractivity contribution >= 4 is 5.91 Å². The Labute approximate surface area is 123 Å². The van der Waals surface area contributed by atoms with Crippen LogP contribution in [-0.4, -0.2) is 27.4 Å². The van der Waals surface area contributed by atoms with Crippen LogP contribution in [0.1, 0.15) is 59.4 Å². The molecule has 1 amide bonds. The molecule has 1 aliphatic rings. The molecule has 0 aromatic carbocycles. The number of rotatable bonds is 5. The summed E-state index contributed by atoms with van der Waals surface area (Å²) in [6.07, 6.45) is 2.26. The van der Waals surface area contributed by atoms with Gasteiger partial charge in [-0.1, -0.05) is 5.16 Å². The van der Waals surface area contributed by atoms with E-state index in [9.17, 15) is 4.79 Å². The van der Waals surface area contributed by atoms with Gasteiger partial charge < -0.3 is 9.84 Å². The van der Waals surface area contributed by atoms with Crippen molar-refractivity contribution in [3.05, 3.63) is 35.0 Å². The minimum absolute atomic E-state index is 0.0949. The lowest BCUT2D eigenvalue weighted by Crippen LogP contribution is -2.30. The molecule has 1 atom stereocenters. The van der Waals surface area contributed by atoms with E-state index in [4.69, 9.17) is 4.52 Å². The highest BCUT2D eigenvalue weighted by molar-refractivity contribution is 5.92. The molecule has 21 heavy (non-hydrogen) atoms. The van der Waals surface area contributed by atoms with E-state index in [0.717, 1.165) is 30.0 Å². The first-order valence-electron chi connectivity index (χ1n) is 7.32. The molecule has 2 heterocycles. The predicted octanol–water partition coefficient (Wildman–Crippen LogP) is 2.36. The molecular weight excluding hydrogens is 268 g/mol. The molecule has 1 saturated carbocycles. The van der Waals surface area contributed by atoms with E-state index >= 15 is 0 Å². The van der Waals surface area contributed by atoms with Crippen molar-refractivity contribution in [1.82, 2.24) is 20.3 Å². The number of nitrogens with one attached hydrogen (secondary N) is 1. The van der Waals surface area contributed by atoms with E-state index in [-0.39, 0.29) is 11.9 Å². The maximum Gasteiger partial charge on any atom is 0.273 e. The molecule has 0 saturated heterocycles. The van der Waals surface area contributed by atoms with E-state index in [1.54, 1.807) is 6.07 Å². The van der Waals surface area contributed by atoms with Gasteiger partial charge in [0.05, 0.1) is 11.7 Å². The van der Waals surface area contributed by atoms with Crippen LogP contribution in [0.3, 0.4) is 0 Å². The molecule has 1 aliphatic carbocycles. The zero-order valence-corrected chi connectivity index (χ0v) is 12.6. The molecule has 1 N–H and O–H groups in total. The number of hydrogen-bond donors (Lipinski definition) is 1. The molecular formula is C15H20N4O2. The summed E-state index contributed by atoms with van der Waals surface area (Å²) < 4.78 is 7.12. The van der Waals surface area contributed by atoms with Crippen LogP contribution in [0, 0.1) is 13.8 Å². The summed E-state index contributed by atoms with van der Waals surface area (Å²) in [7, 11) is 0. The lowest BCUT2D eigenvalue weighted by atomic mass is 10.2. The Morgan fingerprint density at radius 3 is 2.86 bits per heavy atom. The number of aryl methyl sites for hydroxylation is 2. The van der Waals surface area contributed by atoms with Gasteiger partial charge in [0, 0.05) is 24.2 Å². The molecule has 0 radical (unpaired) electrons. The van der Waals surface area contributed by atoms with Crippen molar-refractivity contribution in [2.24, 2.45) is 0 Å². The summed E-state index contributed by atoms with van der Waals surface area (Å²) in [6, 6.07) is 3.87. The number of amides is 1. The molecule has 0 spiro atoms. The first-order valence-corrected chi connectivity index (χ1v) is 7.32. The summed E-state index contributed by atoms with van der Waals surface area (Å²) in [5.74, 6) is 1.10. The molecule has 3 rings (SSSR count). The van der Waals surface area contributed by atoms with Crippen molar-refractivity contribution < 1.29 is 9.32 Å². The average Bonchev–Trinajstić information content (AvgIpc) is 3.08. The molecule has 2 aromatic heterocycles. The standard InChI is InChI=1S/C15H20N4O2/c1-9-6-10(2)19(17-9)11(3)8-16-15(20)13-7-14(21-18-13)12-4-5-12/h6-7,11-12H,4-5,8H2,1-3H3,(H,16,20)/t11-/m1/s1. The second-order valence-corrected chi connectivity index (χ2v) is 5.82. The van der Waals surface area contributed by atoms with Gasteiger partial charge in [-0.3, -0.25) is 9.48 Å². The Balaban J connectivity index is 1.58. The highest BCUT2D eigenvalue weighted by Gasteiger charge is 2.28. The molecule has 2 aromatic rings. The Kier molecular flexibility index (Phi) is 3.53. The van der Waals surface area contributed by atoms with Crippen molar-refractivity contribution in [2.45, 2.75) is 45.6 Å². The van der Waals surface area contributed by atoms with Gasteiger partial charge in [0.15, 0.2) is 5.69 Å². The maximum absolute atomic E-state index is 12.1. The fraction of sp³-hybridized carbons (Fsp3) is 0.533. The minimum Gasteiger partial charge on any atom is -0.360 e. The highest BCUT2D eigenvalue weighted by Crippen LogP contribution is 2.40. The van der Waals surface area contributed by atoms with Crippen molar-refractivity contribution in [2.75, 3.05) is 6.54 Å². The molecule has 6 nitrogen and oxygen atoms in total. The van der Waals surface area contributed by atoms with Crippen LogP contribution in [-0.2, 0) is 0 Å². The normalized spacial score (nSPS) is 16.0. The lowest BCUT2D eigenvalue weighted by molar-refractivity contribution is 0.0938. The second-order valence-electron chi connectivity index (χ2n) is 5.82. The zero-order chi connectivity index (χ0) is 15.0. The van der Waals surface area contributed by atoms with Gasteiger partial charge in [-0.25, -0.2) is 0 Å². The van der Waals surface area contributed by atoms with Crippen LogP contribution in [0.15, 0.2) is 16.7 Å². The number of aromatic nitrogens is 3.